The number of amidine groups is 1. The molecule has 2 aliphatic rings. The van der Waals surface area contributed by atoms with Crippen LogP contribution in [0.1, 0.15) is 25.7 Å². The van der Waals surface area contributed by atoms with Crippen molar-refractivity contribution in [2.75, 3.05) is 38.2 Å². The van der Waals surface area contributed by atoms with Gasteiger partial charge in [0.2, 0.25) is 10.0 Å². The van der Waals surface area contributed by atoms with E-state index in [9.17, 15) is 13.2 Å². The Morgan fingerprint density at radius 3 is 2.71 bits per heavy atom. The fourth-order valence-electron chi connectivity index (χ4n) is 3.33. The number of carbonyl (C=O) groups is 1. The van der Waals surface area contributed by atoms with Crippen LogP contribution < -0.4 is 11.1 Å². The second-order valence-corrected chi connectivity index (χ2v) is 8.80. The third-order valence-corrected chi connectivity index (χ3v) is 6.76. The third kappa shape index (κ3) is 5.21. The first-order valence-corrected chi connectivity index (χ1v) is 10.8. The molecule has 3 rings (SSSR count). The first-order valence-electron chi connectivity index (χ1n) is 9.40. The highest BCUT2D eigenvalue weighted by Gasteiger charge is 2.26. The van der Waals surface area contributed by atoms with Gasteiger partial charge in [-0.1, -0.05) is 24.1 Å². The molecule has 1 aromatic rings. The highest BCUT2D eigenvalue weighted by molar-refractivity contribution is 7.89. The highest BCUT2D eigenvalue weighted by atomic mass is 32.2. The predicted octanol–water partition coefficient (Wildman–Crippen LogP) is 1.12. The molecule has 0 atom stereocenters. The summed E-state index contributed by atoms with van der Waals surface area (Å²) in [4.78, 5) is 17.2. The fourth-order valence-corrected chi connectivity index (χ4v) is 4.78. The molecule has 0 spiro atoms. The lowest BCUT2D eigenvalue weighted by Gasteiger charge is -2.26. The Morgan fingerprint density at radius 2 is 2.00 bits per heavy atom. The zero-order valence-corrected chi connectivity index (χ0v) is 16.5. The molecule has 0 unspecified atom stereocenters. The number of carbonyl (C=O) groups excluding carboxylic acids is 1. The minimum Gasteiger partial charge on any atom is -0.384 e. The van der Waals surface area contributed by atoms with E-state index >= 15 is 0 Å². The van der Waals surface area contributed by atoms with Crippen molar-refractivity contribution in [3.63, 3.8) is 0 Å². The largest absolute Gasteiger partial charge is 0.384 e. The zero-order valence-electron chi connectivity index (χ0n) is 15.7. The molecular formula is C18H26N4O5S. The molecule has 0 bridgehead atoms. The summed E-state index contributed by atoms with van der Waals surface area (Å²) in [5.74, 6) is 0.206. The minimum absolute atomic E-state index is 0.122. The van der Waals surface area contributed by atoms with Crippen molar-refractivity contribution < 1.29 is 22.8 Å². The van der Waals surface area contributed by atoms with Crippen LogP contribution in [0.3, 0.4) is 0 Å². The number of morpholine rings is 1. The summed E-state index contributed by atoms with van der Waals surface area (Å²) in [6, 6.07) is 6.13. The number of sulfonamides is 1. The lowest BCUT2D eigenvalue weighted by molar-refractivity contribution is -0.120. The molecule has 1 aliphatic carbocycles. The minimum atomic E-state index is -3.63. The number of nitrogens with one attached hydrogen (secondary N) is 1. The fraction of sp³-hybridized carbons (Fsp3) is 0.556. The van der Waals surface area contributed by atoms with Gasteiger partial charge in [0.1, 0.15) is 5.84 Å². The molecule has 10 heteroatoms. The average Bonchev–Trinajstić information content (AvgIpc) is 3.24. The van der Waals surface area contributed by atoms with E-state index in [1.165, 1.54) is 16.4 Å². The SMILES string of the molecule is N/C(=N/OCC(=O)Nc1cccc(S(=O)(=O)N2CCOCC2)c1)C1CCCC1. The maximum absolute atomic E-state index is 12.7. The summed E-state index contributed by atoms with van der Waals surface area (Å²) in [5.41, 5.74) is 6.24. The van der Waals surface area contributed by atoms with Crippen LogP contribution in [0.25, 0.3) is 0 Å². The van der Waals surface area contributed by atoms with Crippen LogP contribution in [0.2, 0.25) is 0 Å². The van der Waals surface area contributed by atoms with Crippen molar-refractivity contribution in [2.45, 2.75) is 30.6 Å². The first kappa shape index (κ1) is 20.6. The second kappa shape index (κ2) is 9.35. The summed E-state index contributed by atoms with van der Waals surface area (Å²) in [5, 5.41) is 6.44. The normalized spacial score (nSPS) is 19.5. The lowest BCUT2D eigenvalue weighted by atomic mass is 10.1. The molecular weight excluding hydrogens is 384 g/mol. The number of benzene rings is 1. The zero-order chi connectivity index (χ0) is 20.0. The van der Waals surface area contributed by atoms with Gasteiger partial charge in [-0.25, -0.2) is 8.42 Å². The maximum atomic E-state index is 12.7. The van der Waals surface area contributed by atoms with E-state index in [0.717, 1.165) is 25.7 Å². The molecule has 1 saturated heterocycles. The van der Waals surface area contributed by atoms with Crippen LogP contribution in [0.4, 0.5) is 5.69 Å². The van der Waals surface area contributed by atoms with Crippen molar-refractivity contribution in [1.29, 1.82) is 0 Å². The van der Waals surface area contributed by atoms with Crippen LogP contribution >= 0.6 is 0 Å². The molecule has 3 N–H and O–H groups in total. The van der Waals surface area contributed by atoms with Crippen LogP contribution in [0.5, 0.6) is 0 Å². The molecule has 154 valence electrons. The maximum Gasteiger partial charge on any atom is 0.265 e. The molecule has 1 aromatic carbocycles. The Morgan fingerprint density at radius 1 is 1.29 bits per heavy atom. The van der Waals surface area contributed by atoms with Crippen LogP contribution in [-0.4, -0.2) is 57.4 Å². The summed E-state index contributed by atoms with van der Waals surface area (Å²) in [6.45, 7) is 1.07. The quantitative estimate of drug-likeness (QED) is 0.394. The smallest absolute Gasteiger partial charge is 0.265 e. The molecule has 1 amide bonds. The summed E-state index contributed by atoms with van der Waals surface area (Å²) in [6.07, 6.45) is 4.25. The van der Waals surface area contributed by atoms with Crippen molar-refractivity contribution in [3.05, 3.63) is 24.3 Å². The average molecular weight is 410 g/mol. The Hall–Kier alpha value is -2.17. The Kier molecular flexibility index (Phi) is 6.87. The van der Waals surface area contributed by atoms with E-state index in [-0.39, 0.29) is 17.4 Å². The number of amides is 1. The van der Waals surface area contributed by atoms with Crippen molar-refractivity contribution in [2.24, 2.45) is 16.8 Å². The molecule has 1 heterocycles. The predicted molar refractivity (Wildman–Crippen MR) is 104 cm³/mol. The van der Waals surface area contributed by atoms with Gasteiger partial charge in [-0.15, -0.1) is 0 Å². The molecule has 2 fully saturated rings. The van der Waals surface area contributed by atoms with Gasteiger partial charge in [0.25, 0.3) is 5.91 Å². The van der Waals surface area contributed by atoms with E-state index in [2.05, 4.69) is 10.5 Å². The number of nitrogens with two attached hydrogens (primary N) is 1. The van der Waals surface area contributed by atoms with E-state index in [1.54, 1.807) is 12.1 Å². The number of hydrogen-bond donors (Lipinski definition) is 2. The van der Waals surface area contributed by atoms with E-state index in [1.807, 2.05) is 0 Å². The number of hydrogen-bond acceptors (Lipinski definition) is 6. The molecule has 1 saturated carbocycles. The standard InChI is InChI=1S/C18H26N4O5S/c19-18(14-4-1-2-5-14)21-27-13-17(23)20-15-6-3-7-16(12-15)28(24,25)22-8-10-26-11-9-22/h3,6-7,12,14H,1-2,4-5,8-11,13H2,(H2,19,21)(H,20,23). The van der Waals surface area contributed by atoms with Gasteiger partial charge in [-0.2, -0.15) is 4.31 Å². The van der Waals surface area contributed by atoms with Gasteiger partial charge in [0.15, 0.2) is 6.61 Å². The van der Waals surface area contributed by atoms with E-state index in [4.69, 9.17) is 15.3 Å². The third-order valence-electron chi connectivity index (χ3n) is 4.86. The van der Waals surface area contributed by atoms with Crippen molar-refractivity contribution in [1.82, 2.24) is 4.31 Å². The van der Waals surface area contributed by atoms with Crippen molar-refractivity contribution in [3.8, 4) is 0 Å². The second-order valence-electron chi connectivity index (χ2n) is 6.86. The lowest BCUT2D eigenvalue weighted by Crippen LogP contribution is -2.40. The van der Waals surface area contributed by atoms with Crippen LogP contribution in [0, 0.1) is 5.92 Å². The number of rotatable bonds is 7. The molecule has 28 heavy (non-hydrogen) atoms. The van der Waals surface area contributed by atoms with Gasteiger partial charge in [-0.3, -0.25) is 4.79 Å². The summed E-state index contributed by atoms with van der Waals surface area (Å²) >= 11 is 0. The Labute approximate surface area is 164 Å². The number of anilines is 1. The summed E-state index contributed by atoms with van der Waals surface area (Å²) in [7, 11) is -3.63. The van der Waals surface area contributed by atoms with Gasteiger partial charge in [0, 0.05) is 24.7 Å². The Bertz CT molecular complexity index is 815. The topological polar surface area (TPSA) is 123 Å². The van der Waals surface area contributed by atoms with Gasteiger partial charge in [-0.05, 0) is 31.0 Å². The highest BCUT2D eigenvalue weighted by Crippen LogP contribution is 2.24. The molecule has 1 aliphatic heterocycles. The number of ether oxygens (including phenoxy) is 1. The van der Waals surface area contributed by atoms with Crippen molar-refractivity contribution >= 4 is 27.5 Å². The van der Waals surface area contributed by atoms with Gasteiger partial charge < -0.3 is 20.6 Å². The van der Waals surface area contributed by atoms with Crippen LogP contribution in [-0.2, 0) is 24.4 Å². The molecule has 0 radical (unpaired) electrons. The Balaban J connectivity index is 1.56. The number of oxime groups is 1. The van der Waals surface area contributed by atoms with Gasteiger partial charge >= 0.3 is 0 Å². The van der Waals surface area contributed by atoms with E-state index in [0.29, 0.717) is 37.8 Å². The van der Waals surface area contributed by atoms with Crippen LogP contribution in [0.15, 0.2) is 34.3 Å². The summed E-state index contributed by atoms with van der Waals surface area (Å²) < 4.78 is 32.0. The van der Waals surface area contributed by atoms with Gasteiger partial charge in [0.05, 0.1) is 18.1 Å². The first-order chi connectivity index (χ1) is 13.5. The molecule has 0 aromatic heterocycles. The monoisotopic (exact) mass is 410 g/mol. The van der Waals surface area contributed by atoms with E-state index < -0.39 is 15.9 Å². The number of nitrogens with zero attached hydrogens (tertiary/aromatic N) is 2. The molecule has 9 nitrogen and oxygen atoms in total.